The van der Waals surface area contributed by atoms with E-state index in [-0.39, 0.29) is 13.6 Å². The predicted molar refractivity (Wildman–Crippen MR) is 72.2 cm³/mol. The molecule has 0 aliphatic rings. The Morgan fingerprint density at radius 2 is 2.33 bits per heavy atom. The van der Waals surface area contributed by atoms with Crippen molar-refractivity contribution in [1.82, 2.24) is 4.72 Å². The summed E-state index contributed by atoms with van der Waals surface area (Å²) in [6, 6.07) is 0.484. The van der Waals surface area contributed by atoms with Crippen molar-refractivity contribution in [2.75, 3.05) is 0 Å². The second kappa shape index (κ2) is 5.84. The Bertz CT molecular complexity index is 600. The van der Waals surface area contributed by atoms with Crippen molar-refractivity contribution in [2.24, 2.45) is 0 Å². The zero-order valence-corrected chi connectivity index (χ0v) is 12.5. The fourth-order valence-electron chi connectivity index (χ4n) is 1.13. The van der Waals surface area contributed by atoms with Gasteiger partial charge in [-0.3, -0.25) is 0 Å². The molecule has 0 fully saturated rings. The number of halogens is 1. The number of thiophene rings is 1. The summed E-state index contributed by atoms with van der Waals surface area (Å²) in [6.45, 7) is 1.75. The Hall–Kier alpha value is -0.880. The van der Waals surface area contributed by atoms with Crippen LogP contribution in [-0.2, 0) is 10.0 Å². The van der Waals surface area contributed by atoms with E-state index in [0.717, 1.165) is 17.4 Å². The number of carbonyl (C=O) groups is 1. The summed E-state index contributed by atoms with van der Waals surface area (Å²) >= 11 is 3.88. The Balaban J connectivity index is 3.13. The molecule has 0 aromatic carbocycles. The number of sulfonamides is 1. The third kappa shape index (κ3) is 3.32. The first-order valence-electron chi connectivity index (χ1n) is 4.83. The van der Waals surface area contributed by atoms with Gasteiger partial charge in [-0.25, -0.2) is 13.2 Å². The van der Waals surface area contributed by atoms with E-state index in [1.165, 1.54) is 0 Å². The average Bonchev–Trinajstić information content (AvgIpc) is 2.69. The van der Waals surface area contributed by atoms with Crippen LogP contribution < -0.4 is 4.72 Å². The van der Waals surface area contributed by atoms with Crippen molar-refractivity contribution in [3.05, 3.63) is 14.7 Å². The number of rotatable bonds is 5. The summed E-state index contributed by atoms with van der Waals surface area (Å²) in [6.07, 6.45) is 5.63. The molecule has 5 nitrogen and oxygen atoms in total. The summed E-state index contributed by atoms with van der Waals surface area (Å²) in [5.41, 5.74) is 0. The predicted octanol–water partition coefficient (Wildman–Crippen LogP) is 1.90. The molecule has 1 heterocycles. The molecule has 0 saturated heterocycles. The highest BCUT2D eigenvalue weighted by Gasteiger charge is 2.24. The van der Waals surface area contributed by atoms with Crippen molar-refractivity contribution in [3.63, 3.8) is 0 Å². The van der Waals surface area contributed by atoms with Crippen LogP contribution in [0.1, 0.15) is 23.0 Å². The normalized spacial score (nSPS) is 12.9. The Morgan fingerprint density at radius 3 is 2.72 bits per heavy atom. The third-order valence-electron chi connectivity index (χ3n) is 2.06. The quantitative estimate of drug-likeness (QED) is 0.793. The van der Waals surface area contributed by atoms with Crippen molar-refractivity contribution in [2.45, 2.75) is 24.3 Å². The number of aromatic carboxylic acids is 1. The van der Waals surface area contributed by atoms with E-state index < -0.39 is 22.0 Å². The number of hydrogen-bond acceptors (Lipinski definition) is 4. The Morgan fingerprint density at radius 1 is 1.72 bits per heavy atom. The lowest BCUT2D eigenvalue weighted by Crippen LogP contribution is -2.33. The molecule has 0 spiro atoms. The second-order valence-corrected chi connectivity index (χ2v) is 7.36. The minimum absolute atomic E-state index is 0.0593. The number of carboxylic acids is 1. The van der Waals surface area contributed by atoms with E-state index in [9.17, 15) is 13.2 Å². The van der Waals surface area contributed by atoms with E-state index in [4.69, 9.17) is 11.5 Å². The molecule has 1 rings (SSSR count). The Labute approximate surface area is 117 Å². The van der Waals surface area contributed by atoms with Gasteiger partial charge in [0.15, 0.2) is 0 Å². The van der Waals surface area contributed by atoms with Crippen LogP contribution in [0.15, 0.2) is 14.7 Å². The van der Waals surface area contributed by atoms with Crippen LogP contribution in [-0.4, -0.2) is 25.5 Å². The lowest BCUT2D eigenvalue weighted by molar-refractivity contribution is 0.0702. The van der Waals surface area contributed by atoms with Gasteiger partial charge in [-0.1, -0.05) is 12.8 Å². The maximum absolute atomic E-state index is 12.0. The zero-order valence-electron chi connectivity index (χ0n) is 9.31. The summed E-state index contributed by atoms with van der Waals surface area (Å²) in [5.74, 6) is 1.13. The smallest absolute Gasteiger partial charge is 0.345 e. The van der Waals surface area contributed by atoms with Crippen LogP contribution >= 0.6 is 27.3 Å². The third-order valence-corrected chi connectivity index (χ3v) is 5.77. The molecule has 0 bridgehead atoms. The van der Waals surface area contributed by atoms with Gasteiger partial charge in [0, 0.05) is 0 Å². The fraction of sp³-hybridized carbons (Fsp3) is 0.300. The number of nitrogens with one attached hydrogen (secondary N) is 1. The summed E-state index contributed by atoms with van der Waals surface area (Å²) in [5, 5.41) is 8.80. The summed E-state index contributed by atoms with van der Waals surface area (Å²) in [4.78, 5) is 10.6. The van der Waals surface area contributed by atoms with Crippen LogP contribution in [0.25, 0.3) is 0 Å². The van der Waals surface area contributed by atoms with Crippen LogP contribution in [0, 0.1) is 12.3 Å². The highest BCUT2D eigenvalue weighted by molar-refractivity contribution is 9.11. The van der Waals surface area contributed by atoms with Crippen LogP contribution in [0.2, 0.25) is 0 Å². The molecule has 0 aliphatic carbocycles. The van der Waals surface area contributed by atoms with E-state index in [2.05, 4.69) is 26.6 Å². The first kappa shape index (κ1) is 15.2. The standard InChI is InChI=1S/C10H10BrNO4S2/c1-3-6(4-2)12-18(15,16)8-5-7(10(13)14)17-9(8)11/h1,5-6,12H,4H2,2H3,(H,13,14). The number of hydrogen-bond donors (Lipinski definition) is 2. The van der Waals surface area contributed by atoms with Crippen LogP contribution in [0.5, 0.6) is 0 Å². The van der Waals surface area contributed by atoms with Gasteiger partial charge in [-0.2, -0.15) is 4.72 Å². The largest absolute Gasteiger partial charge is 0.477 e. The first-order chi connectivity index (χ1) is 8.31. The highest BCUT2D eigenvalue weighted by atomic mass is 79.9. The maximum Gasteiger partial charge on any atom is 0.345 e. The van der Waals surface area contributed by atoms with Gasteiger partial charge >= 0.3 is 5.97 Å². The second-order valence-electron chi connectivity index (χ2n) is 3.30. The fourth-order valence-corrected chi connectivity index (χ4v) is 4.77. The molecular formula is C10H10BrNO4S2. The molecule has 1 aromatic heterocycles. The lowest BCUT2D eigenvalue weighted by atomic mass is 10.3. The molecule has 0 aliphatic heterocycles. The molecule has 0 radical (unpaired) electrons. The SMILES string of the molecule is C#CC(CC)NS(=O)(=O)c1cc(C(=O)O)sc1Br. The lowest BCUT2D eigenvalue weighted by Gasteiger charge is -2.10. The van der Waals surface area contributed by atoms with Crippen molar-refractivity contribution < 1.29 is 18.3 Å². The molecule has 1 atom stereocenters. The summed E-state index contributed by atoms with van der Waals surface area (Å²) in [7, 11) is -3.82. The van der Waals surface area contributed by atoms with Crippen molar-refractivity contribution in [3.8, 4) is 12.3 Å². The van der Waals surface area contributed by atoms with Gasteiger partial charge in [0.25, 0.3) is 0 Å². The number of terminal acetylenes is 1. The van der Waals surface area contributed by atoms with Crippen molar-refractivity contribution >= 4 is 43.3 Å². The minimum Gasteiger partial charge on any atom is -0.477 e. The number of carboxylic acid groups (broad SMARTS) is 1. The minimum atomic E-state index is -3.82. The molecule has 0 amide bonds. The van der Waals surface area contributed by atoms with Crippen LogP contribution in [0.3, 0.4) is 0 Å². The molecule has 1 unspecified atom stereocenters. The van der Waals surface area contributed by atoms with Gasteiger partial charge in [0.1, 0.15) is 9.77 Å². The molecule has 1 aromatic rings. The molecule has 18 heavy (non-hydrogen) atoms. The van der Waals surface area contributed by atoms with E-state index in [1.807, 2.05) is 0 Å². The van der Waals surface area contributed by atoms with E-state index in [0.29, 0.717) is 6.42 Å². The molecular weight excluding hydrogens is 342 g/mol. The van der Waals surface area contributed by atoms with Gasteiger partial charge < -0.3 is 5.11 Å². The monoisotopic (exact) mass is 351 g/mol. The van der Waals surface area contributed by atoms with Gasteiger partial charge in [0.05, 0.1) is 9.83 Å². The van der Waals surface area contributed by atoms with Crippen molar-refractivity contribution in [1.29, 1.82) is 0 Å². The average molecular weight is 352 g/mol. The first-order valence-corrected chi connectivity index (χ1v) is 7.92. The molecule has 2 N–H and O–H groups in total. The van der Waals surface area contributed by atoms with Gasteiger partial charge in [0.2, 0.25) is 10.0 Å². The van der Waals surface area contributed by atoms with Gasteiger partial charge in [-0.05, 0) is 28.4 Å². The van der Waals surface area contributed by atoms with Gasteiger partial charge in [-0.15, -0.1) is 17.8 Å². The van der Waals surface area contributed by atoms with E-state index in [1.54, 1.807) is 6.92 Å². The Kier molecular flexibility index (Phi) is 4.92. The zero-order chi connectivity index (χ0) is 13.9. The molecule has 8 heteroatoms. The van der Waals surface area contributed by atoms with E-state index >= 15 is 0 Å². The summed E-state index contributed by atoms with van der Waals surface area (Å²) < 4.78 is 26.5. The topological polar surface area (TPSA) is 83.5 Å². The molecule has 0 saturated carbocycles. The van der Waals surface area contributed by atoms with Crippen LogP contribution in [0.4, 0.5) is 0 Å². The molecule has 98 valence electrons. The highest BCUT2D eigenvalue weighted by Crippen LogP contribution is 2.31. The maximum atomic E-state index is 12.0.